The van der Waals surface area contributed by atoms with Crippen LogP contribution in [0.3, 0.4) is 0 Å². The molecule has 0 spiro atoms. The number of nitro benzene ring substituents is 1. The average molecular weight is 216 g/mol. The molecule has 0 aliphatic carbocycles. The number of nitrogens with one attached hydrogen (secondary N) is 1. The zero-order valence-electron chi connectivity index (χ0n) is 7.58. The van der Waals surface area contributed by atoms with Crippen LogP contribution >= 0.6 is 0 Å². The summed E-state index contributed by atoms with van der Waals surface area (Å²) in [4.78, 5) is 19.9. The Hall–Kier alpha value is -2.05. The molecule has 7 heteroatoms. The Kier molecular flexibility index (Phi) is 2.93. The van der Waals surface area contributed by atoms with Gasteiger partial charge in [-0.1, -0.05) is 0 Å². The lowest BCUT2D eigenvalue weighted by Crippen LogP contribution is -2.08. The minimum absolute atomic E-state index is 0.351. The Balaban J connectivity index is 3.23. The van der Waals surface area contributed by atoms with Gasteiger partial charge in [-0.25, -0.2) is 4.39 Å². The van der Waals surface area contributed by atoms with E-state index in [1.165, 1.54) is 0 Å². The first-order valence-electron chi connectivity index (χ1n) is 3.83. The van der Waals surface area contributed by atoms with Crippen molar-refractivity contribution in [3.63, 3.8) is 0 Å². The van der Waals surface area contributed by atoms with Crippen molar-refractivity contribution in [1.29, 1.82) is 0 Å². The maximum atomic E-state index is 13.0. The van der Waals surface area contributed by atoms with E-state index in [1.54, 1.807) is 0 Å². The standard InChI is InChI=1S/C8H6F2N2O3/c1-4(13)11-7-3-8(12(14)15)6(10)2-5(7)9/h2-3H,1H3,(H,11,13). The number of amides is 1. The van der Waals surface area contributed by atoms with Crippen LogP contribution in [0.15, 0.2) is 12.1 Å². The molecular formula is C8H6F2N2O3. The highest BCUT2D eigenvalue weighted by Gasteiger charge is 2.18. The first kappa shape index (κ1) is 11.0. The molecule has 0 heterocycles. The summed E-state index contributed by atoms with van der Waals surface area (Å²) >= 11 is 0. The summed E-state index contributed by atoms with van der Waals surface area (Å²) in [5, 5.41) is 12.3. The van der Waals surface area contributed by atoms with Crippen LogP contribution in [0, 0.1) is 21.7 Å². The van der Waals surface area contributed by atoms with Crippen molar-refractivity contribution in [3.05, 3.63) is 33.9 Å². The largest absolute Gasteiger partial charge is 0.324 e. The fourth-order valence-corrected chi connectivity index (χ4v) is 0.963. The Morgan fingerprint density at radius 2 is 2.00 bits per heavy atom. The van der Waals surface area contributed by atoms with E-state index in [9.17, 15) is 23.7 Å². The number of rotatable bonds is 2. The second-order valence-corrected chi connectivity index (χ2v) is 2.72. The van der Waals surface area contributed by atoms with Gasteiger partial charge in [0.1, 0.15) is 5.82 Å². The molecule has 15 heavy (non-hydrogen) atoms. The molecule has 0 saturated heterocycles. The Morgan fingerprint density at radius 1 is 1.40 bits per heavy atom. The van der Waals surface area contributed by atoms with E-state index in [2.05, 4.69) is 0 Å². The van der Waals surface area contributed by atoms with E-state index in [-0.39, 0.29) is 0 Å². The second kappa shape index (κ2) is 3.99. The smallest absolute Gasteiger partial charge is 0.307 e. The lowest BCUT2D eigenvalue weighted by molar-refractivity contribution is -0.387. The van der Waals surface area contributed by atoms with Crippen molar-refractivity contribution in [2.45, 2.75) is 6.92 Å². The molecule has 0 aromatic heterocycles. The average Bonchev–Trinajstić information content (AvgIpc) is 2.08. The number of halogens is 2. The molecule has 0 fully saturated rings. The van der Waals surface area contributed by atoms with Gasteiger partial charge in [0.2, 0.25) is 11.7 Å². The molecule has 0 bridgehead atoms. The van der Waals surface area contributed by atoms with E-state index in [0.717, 1.165) is 6.92 Å². The number of anilines is 1. The molecule has 1 aromatic rings. The maximum Gasteiger partial charge on any atom is 0.307 e. The Bertz CT molecular complexity index is 434. The zero-order valence-corrected chi connectivity index (χ0v) is 7.58. The molecule has 1 aromatic carbocycles. The van der Waals surface area contributed by atoms with Gasteiger partial charge in [-0.05, 0) is 0 Å². The quantitative estimate of drug-likeness (QED) is 0.605. The van der Waals surface area contributed by atoms with Crippen molar-refractivity contribution in [1.82, 2.24) is 0 Å². The number of benzene rings is 1. The fraction of sp³-hybridized carbons (Fsp3) is 0.125. The van der Waals surface area contributed by atoms with Crippen molar-refractivity contribution < 1.29 is 18.5 Å². The summed E-state index contributed by atoms with van der Waals surface area (Å²) in [6.07, 6.45) is 0. The Morgan fingerprint density at radius 3 is 2.47 bits per heavy atom. The summed E-state index contributed by atoms with van der Waals surface area (Å²) in [5.74, 6) is -2.95. The molecule has 5 nitrogen and oxygen atoms in total. The monoisotopic (exact) mass is 216 g/mol. The van der Waals surface area contributed by atoms with Crippen LogP contribution in [0.2, 0.25) is 0 Å². The summed E-state index contributed by atoms with van der Waals surface area (Å²) < 4.78 is 25.8. The van der Waals surface area contributed by atoms with E-state index in [0.29, 0.717) is 12.1 Å². The van der Waals surface area contributed by atoms with Gasteiger partial charge in [0.05, 0.1) is 10.6 Å². The SMILES string of the molecule is CC(=O)Nc1cc([N+](=O)[O-])c(F)cc1F. The second-order valence-electron chi connectivity index (χ2n) is 2.72. The van der Waals surface area contributed by atoms with Crippen molar-refractivity contribution >= 4 is 17.3 Å². The molecule has 0 atom stereocenters. The number of nitrogens with zero attached hydrogens (tertiary/aromatic N) is 1. The van der Waals surface area contributed by atoms with E-state index in [1.807, 2.05) is 5.32 Å². The number of carbonyl (C=O) groups is 1. The molecule has 0 saturated carbocycles. The topological polar surface area (TPSA) is 72.2 Å². The molecule has 0 unspecified atom stereocenters. The third kappa shape index (κ3) is 2.46. The van der Waals surface area contributed by atoms with Crippen molar-refractivity contribution in [2.75, 3.05) is 5.32 Å². The maximum absolute atomic E-state index is 13.0. The van der Waals surface area contributed by atoms with Crippen LogP contribution in [-0.2, 0) is 4.79 Å². The zero-order chi connectivity index (χ0) is 11.6. The Labute approximate surface area is 82.9 Å². The van der Waals surface area contributed by atoms with E-state index < -0.39 is 33.8 Å². The van der Waals surface area contributed by atoms with Gasteiger partial charge >= 0.3 is 5.69 Å². The van der Waals surface area contributed by atoms with Gasteiger partial charge in [-0.3, -0.25) is 14.9 Å². The lowest BCUT2D eigenvalue weighted by Gasteiger charge is -2.03. The third-order valence-electron chi connectivity index (χ3n) is 1.54. The minimum atomic E-state index is -1.29. The first-order chi connectivity index (χ1) is 6.91. The fourth-order valence-electron chi connectivity index (χ4n) is 0.963. The third-order valence-corrected chi connectivity index (χ3v) is 1.54. The summed E-state index contributed by atoms with van der Waals surface area (Å²) in [6.45, 7) is 1.11. The van der Waals surface area contributed by atoms with Gasteiger partial charge in [-0.15, -0.1) is 0 Å². The molecule has 1 rings (SSSR count). The van der Waals surface area contributed by atoms with Crippen LogP contribution in [0.25, 0.3) is 0 Å². The molecule has 0 aliphatic rings. The minimum Gasteiger partial charge on any atom is -0.324 e. The number of hydrogen-bond acceptors (Lipinski definition) is 3. The van der Waals surface area contributed by atoms with Gasteiger partial charge in [0.25, 0.3) is 0 Å². The predicted octanol–water partition coefficient (Wildman–Crippen LogP) is 1.83. The summed E-state index contributed by atoms with van der Waals surface area (Å²) in [7, 11) is 0. The number of nitro groups is 1. The van der Waals surface area contributed by atoms with Gasteiger partial charge in [0.15, 0.2) is 0 Å². The van der Waals surface area contributed by atoms with Crippen LogP contribution in [0.4, 0.5) is 20.2 Å². The van der Waals surface area contributed by atoms with E-state index in [4.69, 9.17) is 0 Å². The molecular weight excluding hydrogens is 210 g/mol. The summed E-state index contributed by atoms with van der Waals surface area (Å²) in [6, 6.07) is 0.982. The highest BCUT2D eigenvalue weighted by atomic mass is 19.1. The van der Waals surface area contributed by atoms with Gasteiger partial charge < -0.3 is 5.32 Å². The van der Waals surface area contributed by atoms with Crippen molar-refractivity contribution in [2.24, 2.45) is 0 Å². The van der Waals surface area contributed by atoms with Crippen LogP contribution in [-0.4, -0.2) is 10.8 Å². The van der Waals surface area contributed by atoms with E-state index >= 15 is 0 Å². The molecule has 1 amide bonds. The lowest BCUT2D eigenvalue weighted by atomic mass is 10.2. The van der Waals surface area contributed by atoms with Gasteiger partial charge in [-0.2, -0.15) is 4.39 Å². The highest BCUT2D eigenvalue weighted by molar-refractivity contribution is 5.89. The predicted molar refractivity (Wildman–Crippen MR) is 47.3 cm³/mol. The number of carbonyl (C=O) groups excluding carboxylic acids is 1. The summed E-state index contributed by atoms with van der Waals surface area (Å²) in [5.41, 5.74) is -1.31. The number of hydrogen-bond donors (Lipinski definition) is 1. The molecule has 0 aliphatic heterocycles. The normalized spacial score (nSPS) is 9.80. The molecule has 0 radical (unpaired) electrons. The van der Waals surface area contributed by atoms with Crippen molar-refractivity contribution in [3.8, 4) is 0 Å². The molecule has 1 N–H and O–H groups in total. The molecule has 80 valence electrons. The highest BCUT2D eigenvalue weighted by Crippen LogP contribution is 2.24. The van der Waals surface area contributed by atoms with Crippen LogP contribution in [0.5, 0.6) is 0 Å². The van der Waals surface area contributed by atoms with Gasteiger partial charge in [0, 0.05) is 19.1 Å². The first-order valence-corrected chi connectivity index (χ1v) is 3.83. The van der Waals surface area contributed by atoms with Crippen LogP contribution in [0.1, 0.15) is 6.92 Å². The van der Waals surface area contributed by atoms with Crippen LogP contribution < -0.4 is 5.32 Å².